The first kappa shape index (κ1) is 14.0. The zero-order valence-corrected chi connectivity index (χ0v) is 11.2. The van der Waals surface area contributed by atoms with Crippen LogP contribution in [-0.4, -0.2) is 35.1 Å². The molecule has 1 aromatic rings. The summed E-state index contributed by atoms with van der Waals surface area (Å²) >= 11 is 0. The molecule has 3 N–H and O–H groups in total. The van der Waals surface area contributed by atoms with Crippen molar-refractivity contribution in [1.82, 2.24) is 4.90 Å². The Morgan fingerprint density at radius 1 is 1.26 bits per heavy atom. The second-order valence-corrected chi connectivity index (χ2v) is 5.09. The SMILES string of the molecule is NCc1ccc(C(=O)N2CCCCCC2CO)cc1. The number of aliphatic hydroxyl groups is 1. The molecule has 0 aliphatic carbocycles. The van der Waals surface area contributed by atoms with Crippen LogP contribution in [0.25, 0.3) is 0 Å². The molecule has 0 bridgehead atoms. The van der Waals surface area contributed by atoms with Crippen LogP contribution >= 0.6 is 0 Å². The number of likely N-dealkylation sites (tertiary alicyclic amines) is 1. The first-order chi connectivity index (χ1) is 9.26. The summed E-state index contributed by atoms with van der Waals surface area (Å²) in [5, 5.41) is 9.45. The summed E-state index contributed by atoms with van der Waals surface area (Å²) < 4.78 is 0. The van der Waals surface area contributed by atoms with Gasteiger partial charge >= 0.3 is 0 Å². The Kier molecular flexibility index (Phi) is 4.93. The third-order valence-corrected chi connectivity index (χ3v) is 3.79. The highest BCUT2D eigenvalue weighted by Gasteiger charge is 2.25. The van der Waals surface area contributed by atoms with Gasteiger partial charge in [-0.2, -0.15) is 0 Å². The average molecular weight is 262 g/mol. The van der Waals surface area contributed by atoms with E-state index in [0.29, 0.717) is 12.1 Å². The number of benzene rings is 1. The lowest BCUT2D eigenvalue weighted by molar-refractivity contribution is 0.0600. The maximum atomic E-state index is 12.5. The fourth-order valence-corrected chi connectivity index (χ4v) is 2.58. The van der Waals surface area contributed by atoms with Crippen molar-refractivity contribution in [3.05, 3.63) is 35.4 Å². The Balaban J connectivity index is 2.15. The van der Waals surface area contributed by atoms with Crippen molar-refractivity contribution in [2.24, 2.45) is 5.73 Å². The maximum absolute atomic E-state index is 12.5. The molecule has 1 aliphatic rings. The average Bonchev–Trinajstić information content (AvgIpc) is 2.71. The van der Waals surface area contributed by atoms with Crippen molar-refractivity contribution in [2.75, 3.05) is 13.2 Å². The number of hydrogen-bond acceptors (Lipinski definition) is 3. The number of nitrogens with two attached hydrogens (primary N) is 1. The standard InChI is InChI=1S/C15H22N2O2/c16-10-12-5-7-13(8-6-12)15(19)17-9-3-1-2-4-14(17)11-18/h5-8,14,18H,1-4,9-11,16H2. The molecule has 0 spiro atoms. The number of amides is 1. The number of carbonyl (C=O) groups excluding carboxylic acids is 1. The highest BCUT2D eigenvalue weighted by atomic mass is 16.3. The molecule has 1 aromatic carbocycles. The zero-order chi connectivity index (χ0) is 13.7. The van der Waals surface area contributed by atoms with E-state index in [1.807, 2.05) is 29.2 Å². The van der Waals surface area contributed by atoms with Crippen LogP contribution in [0.3, 0.4) is 0 Å². The molecule has 1 atom stereocenters. The lowest BCUT2D eigenvalue weighted by Gasteiger charge is -2.28. The van der Waals surface area contributed by atoms with Gasteiger partial charge in [0.1, 0.15) is 0 Å². The minimum absolute atomic E-state index is 0.0181. The first-order valence-electron chi connectivity index (χ1n) is 6.97. The molecule has 1 saturated heterocycles. The van der Waals surface area contributed by atoms with E-state index in [1.54, 1.807) is 0 Å². The van der Waals surface area contributed by atoms with Crippen molar-refractivity contribution in [2.45, 2.75) is 38.3 Å². The molecule has 1 amide bonds. The van der Waals surface area contributed by atoms with Crippen LogP contribution in [0.5, 0.6) is 0 Å². The Bertz CT molecular complexity index is 417. The van der Waals surface area contributed by atoms with Crippen LogP contribution in [0.2, 0.25) is 0 Å². The van der Waals surface area contributed by atoms with Gasteiger partial charge in [0.05, 0.1) is 12.6 Å². The minimum atomic E-state index is -0.0378. The molecule has 4 heteroatoms. The Labute approximate surface area is 114 Å². The fourth-order valence-electron chi connectivity index (χ4n) is 2.58. The Morgan fingerprint density at radius 3 is 2.63 bits per heavy atom. The van der Waals surface area contributed by atoms with E-state index < -0.39 is 0 Å². The van der Waals surface area contributed by atoms with E-state index in [9.17, 15) is 9.90 Å². The summed E-state index contributed by atoms with van der Waals surface area (Å²) in [4.78, 5) is 14.3. The predicted molar refractivity (Wildman–Crippen MR) is 74.7 cm³/mol. The predicted octanol–water partition coefficient (Wildman–Crippen LogP) is 1.52. The summed E-state index contributed by atoms with van der Waals surface area (Å²) in [6.07, 6.45) is 4.12. The smallest absolute Gasteiger partial charge is 0.254 e. The van der Waals surface area contributed by atoms with Crippen LogP contribution in [0, 0.1) is 0 Å². The second-order valence-electron chi connectivity index (χ2n) is 5.09. The topological polar surface area (TPSA) is 66.6 Å². The fraction of sp³-hybridized carbons (Fsp3) is 0.533. The molecule has 0 radical (unpaired) electrons. The van der Waals surface area contributed by atoms with Gasteiger partial charge in [-0.1, -0.05) is 25.0 Å². The van der Waals surface area contributed by atoms with Crippen molar-refractivity contribution < 1.29 is 9.90 Å². The molecule has 1 heterocycles. The maximum Gasteiger partial charge on any atom is 0.254 e. The van der Waals surface area contributed by atoms with Gasteiger partial charge in [-0.25, -0.2) is 0 Å². The molecule has 0 saturated carbocycles. The van der Waals surface area contributed by atoms with Gasteiger partial charge in [0.25, 0.3) is 5.91 Å². The minimum Gasteiger partial charge on any atom is -0.394 e. The molecular weight excluding hydrogens is 240 g/mol. The number of carbonyl (C=O) groups is 1. The highest BCUT2D eigenvalue weighted by Crippen LogP contribution is 2.19. The molecule has 104 valence electrons. The van der Waals surface area contributed by atoms with Gasteiger partial charge < -0.3 is 15.7 Å². The van der Waals surface area contributed by atoms with E-state index >= 15 is 0 Å². The van der Waals surface area contributed by atoms with E-state index in [2.05, 4.69) is 0 Å². The van der Waals surface area contributed by atoms with Crippen LogP contribution in [0.15, 0.2) is 24.3 Å². The molecule has 4 nitrogen and oxygen atoms in total. The Morgan fingerprint density at radius 2 is 2.00 bits per heavy atom. The normalized spacial score (nSPS) is 20.1. The molecule has 1 unspecified atom stereocenters. The van der Waals surface area contributed by atoms with Crippen LogP contribution in [0.4, 0.5) is 0 Å². The molecule has 2 rings (SSSR count). The summed E-state index contributed by atoms with van der Waals surface area (Å²) in [6.45, 7) is 1.27. The van der Waals surface area contributed by atoms with Gasteiger partial charge in [0.15, 0.2) is 0 Å². The van der Waals surface area contributed by atoms with Crippen molar-refractivity contribution in [3.8, 4) is 0 Å². The van der Waals surface area contributed by atoms with Gasteiger partial charge in [0.2, 0.25) is 0 Å². The third kappa shape index (κ3) is 3.33. The van der Waals surface area contributed by atoms with Crippen molar-refractivity contribution in [3.63, 3.8) is 0 Å². The van der Waals surface area contributed by atoms with Gasteiger partial charge in [-0.05, 0) is 30.5 Å². The van der Waals surface area contributed by atoms with E-state index in [0.717, 1.165) is 37.8 Å². The van der Waals surface area contributed by atoms with E-state index in [4.69, 9.17) is 5.73 Å². The number of nitrogens with zero attached hydrogens (tertiary/aromatic N) is 1. The molecule has 19 heavy (non-hydrogen) atoms. The van der Waals surface area contributed by atoms with Gasteiger partial charge in [-0.15, -0.1) is 0 Å². The van der Waals surface area contributed by atoms with Crippen LogP contribution < -0.4 is 5.73 Å². The summed E-state index contributed by atoms with van der Waals surface area (Å²) in [6, 6.07) is 7.38. The summed E-state index contributed by atoms with van der Waals surface area (Å²) in [7, 11) is 0. The highest BCUT2D eigenvalue weighted by molar-refractivity contribution is 5.94. The second kappa shape index (κ2) is 6.68. The first-order valence-corrected chi connectivity index (χ1v) is 6.97. The quantitative estimate of drug-likeness (QED) is 0.868. The van der Waals surface area contributed by atoms with E-state index in [-0.39, 0.29) is 18.6 Å². The lowest BCUT2D eigenvalue weighted by Crippen LogP contribution is -2.42. The molecule has 1 aliphatic heterocycles. The number of aliphatic hydroxyl groups excluding tert-OH is 1. The van der Waals surface area contributed by atoms with Gasteiger partial charge in [0, 0.05) is 18.7 Å². The summed E-state index contributed by atoms with van der Waals surface area (Å²) in [5.41, 5.74) is 7.25. The van der Waals surface area contributed by atoms with Crippen molar-refractivity contribution in [1.29, 1.82) is 0 Å². The number of rotatable bonds is 3. The molecular formula is C15H22N2O2. The number of hydrogen-bond donors (Lipinski definition) is 2. The van der Waals surface area contributed by atoms with Crippen LogP contribution in [-0.2, 0) is 6.54 Å². The zero-order valence-electron chi connectivity index (χ0n) is 11.2. The van der Waals surface area contributed by atoms with Crippen molar-refractivity contribution >= 4 is 5.91 Å². The largest absolute Gasteiger partial charge is 0.394 e. The Hall–Kier alpha value is -1.39. The molecule has 1 fully saturated rings. The van der Waals surface area contributed by atoms with E-state index in [1.165, 1.54) is 0 Å². The molecule has 0 aromatic heterocycles. The van der Waals surface area contributed by atoms with Crippen LogP contribution in [0.1, 0.15) is 41.6 Å². The lowest BCUT2D eigenvalue weighted by atomic mass is 10.1. The third-order valence-electron chi connectivity index (χ3n) is 3.79. The summed E-state index contributed by atoms with van der Waals surface area (Å²) in [5.74, 6) is 0.0181. The van der Waals surface area contributed by atoms with Gasteiger partial charge in [-0.3, -0.25) is 4.79 Å². The monoisotopic (exact) mass is 262 g/mol.